The molecule has 0 bridgehead atoms. The van der Waals surface area contributed by atoms with Crippen molar-refractivity contribution in [3.05, 3.63) is 71.9 Å². The van der Waals surface area contributed by atoms with Gasteiger partial charge in [0.2, 0.25) is 0 Å². The number of aromatic nitrogens is 1. The summed E-state index contributed by atoms with van der Waals surface area (Å²) in [5, 5.41) is 7.80. The smallest absolute Gasteiger partial charge is 0.191 e. The molecule has 0 unspecified atom stereocenters. The Bertz CT molecular complexity index is 871. The number of methoxy groups -OCH3 is 1. The van der Waals surface area contributed by atoms with Crippen LogP contribution in [0.3, 0.4) is 0 Å². The SMILES string of the molecule is CN=C(NCc1cccc(OC)c1)NCc1cccc2cccnc12. The second kappa shape index (κ2) is 8.15. The van der Waals surface area contributed by atoms with Crippen molar-refractivity contribution >= 4 is 16.9 Å². The molecule has 2 N–H and O–H groups in total. The molecule has 0 saturated carbocycles. The molecule has 3 rings (SSSR count). The van der Waals surface area contributed by atoms with E-state index in [9.17, 15) is 0 Å². The first kappa shape index (κ1) is 16.8. The number of hydrogen-bond donors (Lipinski definition) is 2. The molecule has 1 aromatic heterocycles. The van der Waals surface area contributed by atoms with Gasteiger partial charge >= 0.3 is 0 Å². The first-order chi connectivity index (χ1) is 12.3. The number of nitrogens with zero attached hydrogens (tertiary/aromatic N) is 2. The number of ether oxygens (including phenoxy) is 1. The van der Waals surface area contributed by atoms with Gasteiger partial charge in [-0.3, -0.25) is 9.98 Å². The Balaban J connectivity index is 1.62. The van der Waals surface area contributed by atoms with Crippen LogP contribution in [0.2, 0.25) is 0 Å². The minimum Gasteiger partial charge on any atom is -0.497 e. The normalized spacial score (nSPS) is 11.4. The van der Waals surface area contributed by atoms with Crippen LogP contribution < -0.4 is 15.4 Å². The molecular formula is C20H22N4O. The van der Waals surface area contributed by atoms with E-state index in [-0.39, 0.29) is 0 Å². The number of hydrogen-bond acceptors (Lipinski definition) is 3. The summed E-state index contributed by atoms with van der Waals surface area (Å²) in [5.74, 6) is 1.60. The topological polar surface area (TPSA) is 58.5 Å². The number of guanidine groups is 1. The van der Waals surface area contributed by atoms with Crippen molar-refractivity contribution in [3.8, 4) is 5.75 Å². The van der Waals surface area contributed by atoms with Gasteiger partial charge in [-0.2, -0.15) is 0 Å². The summed E-state index contributed by atoms with van der Waals surface area (Å²) in [6.07, 6.45) is 1.82. The lowest BCUT2D eigenvalue weighted by Gasteiger charge is -2.13. The third-order valence-corrected chi connectivity index (χ3v) is 3.98. The van der Waals surface area contributed by atoms with Crippen molar-refractivity contribution in [2.45, 2.75) is 13.1 Å². The lowest BCUT2D eigenvalue weighted by molar-refractivity contribution is 0.414. The molecule has 3 aromatic rings. The molecule has 2 aromatic carbocycles. The third-order valence-electron chi connectivity index (χ3n) is 3.98. The maximum Gasteiger partial charge on any atom is 0.191 e. The van der Waals surface area contributed by atoms with Crippen LogP contribution in [0, 0.1) is 0 Å². The van der Waals surface area contributed by atoms with Gasteiger partial charge < -0.3 is 15.4 Å². The second-order valence-corrected chi connectivity index (χ2v) is 5.62. The molecule has 5 nitrogen and oxygen atoms in total. The second-order valence-electron chi connectivity index (χ2n) is 5.62. The highest BCUT2D eigenvalue weighted by Gasteiger charge is 2.04. The van der Waals surface area contributed by atoms with E-state index in [0.29, 0.717) is 13.1 Å². The van der Waals surface area contributed by atoms with Gasteiger partial charge in [-0.1, -0.05) is 36.4 Å². The number of aliphatic imine (C=N–C) groups is 1. The van der Waals surface area contributed by atoms with E-state index in [4.69, 9.17) is 4.74 Å². The van der Waals surface area contributed by atoms with Crippen molar-refractivity contribution in [2.75, 3.05) is 14.2 Å². The number of pyridine rings is 1. The van der Waals surface area contributed by atoms with Crippen LogP contribution in [-0.4, -0.2) is 25.1 Å². The highest BCUT2D eigenvalue weighted by Crippen LogP contribution is 2.15. The summed E-state index contributed by atoms with van der Waals surface area (Å²) in [6, 6.07) is 18.2. The molecule has 25 heavy (non-hydrogen) atoms. The number of para-hydroxylation sites is 1. The molecule has 0 spiro atoms. The molecule has 0 radical (unpaired) electrons. The Morgan fingerprint density at radius 1 is 1.04 bits per heavy atom. The van der Waals surface area contributed by atoms with E-state index in [1.165, 1.54) is 0 Å². The number of benzene rings is 2. The lowest BCUT2D eigenvalue weighted by Crippen LogP contribution is -2.36. The molecular weight excluding hydrogens is 312 g/mol. The van der Waals surface area contributed by atoms with Crippen molar-refractivity contribution in [3.63, 3.8) is 0 Å². The van der Waals surface area contributed by atoms with Crippen LogP contribution in [0.5, 0.6) is 5.75 Å². The van der Waals surface area contributed by atoms with Crippen LogP contribution in [0.15, 0.2) is 65.8 Å². The molecule has 0 saturated heterocycles. The summed E-state index contributed by atoms with van der Waals surface area (Å²) >= 11 is 0. The van der Waals surface area contributed by atoms with E-state index in [1.807, 2.05) is 36.5 Å². The summed E-state index contributed by atoms with van der Waals surface area (Å²) in [6.45, 7) is 1.33. The summed E-state index contributed by atoms with van der Waals surface area (Å²) in [5.41, 5.74) is 3.29. The predicted octanol–water partition coefficient (Wildman–Crippen LogP) is 3.11. The largest absolute Gasteiger partial charge is 0.497 e. The number of nitrogens with one attached hydrogen (secondary N) is 2. The maximum absolute atomic E-state index is 5.25. The predicted molar refractivity (Wildman–Crippen MR) is 102 cm³/mol. The molecule has 0 fully saturated rings. The Hall–Kier alpha value is -3.08. The van der Waals surface area contributed by atoms with E-state index >= 15 is 0 Å². The van der Waals surface area contributed by atoms with Gasteiger partial charge in [-0.15, -0.1) is 0 Å². The molecule has 0 aliphatic rings. The first-order valence-corrected chi connectivity index (χ1v) is 8.20. The van der Waals surface area contributed by atoms with Gasteiger partial charge in [0.15, 0.2) is 5.96 Å². The first-order valence-electron chi connectivity index (χ1n) is 8.20. The number of rotatable bonds is 5. The molecule has 1 heterocycles. The van der Waals surface area contributed by atoms with Gasteiger partial charge in [0, 0.05) is 31.7 Å². The summed E-state index contributed by atoms with van der Waals surface area (Å²) in [7, 11) is 3.44. The minimum atomic E-state index is 0.659. The van der Waals surface area contributed by atoms with Crippen LogP contribution >= 0.6 is 0 Å². The maximum atomic E-state index is 5.25. The Labute approximate surface area is 147 Å². The van der Waals surface area contributed by atoms with Gasteiger partial charge in [0.05, 0.1) is 12.6 Å². The highest BCUT2D eigenvalue weighted by atomic mass is 16.5. The van der Waals surface area contributed by atoms with E-state index in [2.05, 4.69) is 44.9 Å². The van der Waals surface area contributed by atoms with E-state index < -0.39 is 0 Å². The molecule has 0 aliphatic heterocycles. The number of fused-ring (bicyclic) bond motifs is 1. The third kappa shape index (κ3) is 4.26. The van der Waals surface area contributed by atoms with Crippen LogP contribution in [-0.2, 0) is 13.1 Å². The average molecular weight is 334 g/mol. The van der Waals surface area contributed by atoms with Crippen molar-refractivity contribution < 1.29 is 4.74 Å². The zero-order valence-electron chi connectivity index (χ0n) is 14.5. The standard InChI is InChI=1S/C20H22N4O/c1-21-20(23-13-15-6-3-10-18(12-15)25-2)24-14-17-8-4-7-16-9-5-11-22-19(16)17/h3-12H,13-14H2,1-2H3,(H2,21,23,24). The van der Waals surface area contributed by atoms with Gasteiger partial charge in [-0.25, -0.2) is 0 Å². The lowest BCUT2D eigenvalue weighted by atomic mass is 10.1. The molecule has 128 valence electrons. The Morgan fingerprint density at radius 3 is 2.68 bits per heavy atom. The average Bonchev–Trinajstić information content (AvgIpc) is 2.68. The Morgan fingerprint density at radius 2 is 1.84 bits per heavy atom. The Kier molecular flexibility index (Phi) is 5.46. The summed E-state index contributed by atoms with van der Waals surface area (Å²) < 4.78 is 5.25. The fourth-order valence-electron chi connectivity index (χ4n) is 2.68. The zero-order valence-corrected chi connectivity index (χ0v) is 14.5. The van der Waals surface area contributed by atoms with E-state index in [0.717, 1.165) is 33.7 Å². The minimum absolute atomic E-state index is 0.659. The molecule has 5 heteroatoms. The van der Waals surface area contributed by atoms with Crippen molar-refractivity contribution in [1.82, 2.24) is 15.6 Å². The zero-order chi connectivity index (χ0) is 17.5. The van der Waals surface area contributed by atoms with Crippen LogP contribution in [0.1, 0.15) is 11.1 Å². The van der Waals surface area contributed by atoms with Crippen LogP contribution in [0.4, 0.5) is 0 Å². The van der Waals surface area contributed by atoms with Gasteiger partial charge in [0.1, 0.15) is 5.75 Å². The van der Waals surface area contributed by atoms with Crippen molar-refractivity contribution in [2.24, 2.45) is 4.99 Å². The van der Waals surface area contributed by atoms with Gasteiger partial charge in [0.25, 0.3) is 0 Å². The molecule has 0 atom stereocenters. The fraction of sp³-hybridized carbons (Fsp3) is 0.200. The molecule has 0 aliphatic carbocycles. The van der Waals surface area contributed by atoms with Crippen molar-refractivity contribution in [1.29, 1.82) is 0 Å². The summed E-state index contributed by atoms with van der Waals surface area (Å²) in [4.78, 5) is 8.77. The van der Waals surface area contributed by atoms with E-state index in [1.54, 1.807) is 14.2 Å². The monoisotopic (exact) mass is 334 g/mol. The highest BCUT2D eigenvalue weighted by molar-refractivity contribution is 5.83. The molecule has 0 amide bonds. The van der Waals surface area contributed by atoms with Crippen LogP contribution in [0.25, 0.3) is 10.9 Å². The van der Waals surface area contributed by atoms with Gasteiger partial charge in [-0.05, 0) is 29.3 Å². The fourth-order valence-corrected chi connectivity index (χ4v) is 2.68. The quantitative estimate of drug-likeness (QED) is 0.556.